The predicted molar refractivity (Wildman–Crippen MR) is 83.8 cm³/mol. The number of amides is 3. The summed E-state index contributed by atoms with van der Waals surface area (Å²) in [5.74, 6) is -1.84. The monoisotopic (exact) mass is 349 g/mol. The molecule has 0 radical (unpaired) electrons. The lowest BCUT2D eigenvalue weighted by molar-refractivity contribution is -0.132. The molecule has 0 saturated carbocycles. The SMILES string of the molecule is CC(Oc1ccc(F)cc1)C(=O)NNC(=O)CNC(=O)c1ccoc1. The number of carbonyl (C=O) groups excluding carboxylic acids is 3. The van der Waals surface area contributed by atoms with Gasteiger partial charge in [0.2, 0.25) is 0 Å². The molecule has 3 amide bonds. The van der Waals surface area contributed by atoms with Crippen LogP contribution in [-0.2, 0) is 9.59 Å². The van der Waals surface area contributed by atoms with Crippen molar-refractivity contribution in [1.29, 1.82) is 0 Å². The Hall–Kier alpha value is -3.36. The fourth-order valence-electron chi connectivity index (χ4n) is 1.70. The van der Waals surface area contributed by atoms with Gasteiger partial charge in [0, 0.05) is 0 Å². The molecule has 0 saturated heterocycles. The molecule has 1 aromatic heterocycles. The van der Waals surface area contributed by atoms with E-state index < -0.39 is 29.6 Å². The number of hydrogen-bond acceptors (Lipinski definition) is 5. The number of hydrazine groups is 1. The number of furan rings is 1. The van der Waals surface area contributed by atoms with E-state index in [1.54, 1.807) is 0 Å². The zero-order chi connectivity index (χ0) is 18.2. The first-order valence-corrected chi connectivity index (χ1v) is 7.27. The number of ether oxygens (including phenoxy) is 1. The predicted octanol–water partition coefficient (Wildman–Crippen LogP) is 0.763. The molecule has 25 heavy (non-hydrogen) atoms. The van der Waals surface area contributed by atoms with Crippen molar-refractivity contribution in [2.75, 3.05) is 6.54 Å². The highest BCUT2D eigenvalue weighted by Crippen LogP contribution is 2.12. The molecule has 1 heterocycles. The van der Waals surface area contributed by atoms with Gasteiger partial charge in [0.15, 0.2) is 6.10 Å². The third-order valence-corrected chi connectivity index (χ3v) is 3.01. The first-order valence-electron chi connectivity index (χ1n) is 7.27. The van der Waals surface area contributed by atoms with Crippen LogP contribution in [0.5, 0.6) is 5.75 Å². The minimum Gasteiger partial charge on any atom is -0.481 e. The van der Waals surface area contributed by atoms with Crippen LogP contribution in [0.2, 0.25) is 0 Å². The van der Waals surface area contributed by atoms with Crippen molar-refractivity contribution >= 4 is 17.7 Å². The molecule has 9 heteroatoms. The van der Waals surface area contributed by atoms with Crippen LogP contribution in [0.15, 0.2) is 47.3 Å². The summed E-state index contributed by atoms with van der Waals surface area (Å²) in [6.07, 6.45) is 1.65. The second kappa shape index (κ2) is 8.48. The normalized spacial score (nSPS) is 11.3. The molecule has 8 nitrogen and oxygen atoms in total. The van der Waals surface area contributed by atoms with E-state index in [0.717, 1.165) is 0 Å². The smallest absolute Gasteiger partial charge is 0.279 e. The van der Waals surface area contributed by atoms with Crippen molar-refractivity contribution in [2.45, 2.75) is 13.0 Å². The molecule has 0 bridgehead atoms. The maximum absolute atomic E-state index is 12.8. The lowest BCUT2D eigenvalue weighted by Gasteiger charge is -2.15. The fraction of sp³-hybridized carbons (Fsp3) is 0.188. The van der Waals surface area contributed by atoms with Gasteiger partial charge < -0.3 is 14.5 Å². The Labute approximate surface area is 142 Å². The van der Waals surface area contributed by atoms with E-state index in [9.17, 15) is 18.8 Å². The lowest BCUT2D eigenvalue weighted by atomic mass is 10.3. The number of rotatable bonds is 6. The summed E-state index contributed by atoms with van der Waals surface area (Å²) in [7, 11) is 0. The van der Waals surface area contributed by atoms with Crippen LogP contribution in [0.4, 0.5) is 4.39 Å². The van der Waals surface area contributed by atoms with Crippen LogP contribution in [0, 0.1) is 5.82 Å². The van der Waals surface area contributed by atoms with E-state index in [4.69, 9.17) is 9.15 Å². The Kier molecular flexibility index (Phi) is 6.10. The topological polar surface area (TPSA) is 110 Å². The van der Waals surface area contributed by atoms with E-state index in [2.05, 4.69) is 16.2 Å². The summed E-state index contributed by atoms with van der Waals surface area (Å²) in [5, 5.41) is 2.35. The Balaban J connectivity index is 1.70. The van der Waals surface area contributed by atoms with Crippen LogP contribution in [0.1, 0.15) is 17.3 Å². The molecule has 0 aliphatic carbocycles. The van der Waals surface area contributed by atoms with Gasteiger partial charge in [-0.15, -0.1) is 0 Å². The Morgan fingerprint density at radius 2 is 1.88 bits per heavy atom. The van der Waals surface area contributed by atoms with Crippen LogP contribution < -0.4 is 20.9 Å². The van der Waals surface area contributed by atoms with E-state index in [1.165, 1.54) is 49.8 Å². The second-order valence-corrected chi connectivity index (χ2v) is 4.95. The zero-order valence-corrected chi connectivity index (χ0v) is 13.2. The number of hydrogen-bond donors (Lipinski definition) is 3. The average Bonchev–Trinajstić information content (AvgIpc) is 3.14. The standard InChI is InChI=1S/C16H16FN3O5/c1-10(25-13-4-2-12(17)3-5-13)15(22)20-19-14(21)8-18-16(23)11-6-7-24-9-11/h2-7,9-10H,8H2,1H3,(H,18,23)(H,19,21)(H,20,22). The Bertz CT molecular complexity index is 731. The summed E-state index contributed by atoms with van der Waals surface area (Å²) in [5.41, 5.74) is 4.58. The highest BCUT2D eigenvalue weighted by molar-refractivity contribution is 5.96. The molecular formula is C16H16FN3O5. The van der Waals surface area contributed by atoms with Gasteiger partial charge in [-0.3, -0.25) is 25.2 Å². The second-order valence-electron chi connectivity index (χ2n) is 4.95. The number of halogens is 1. The van der Waals surface area contributed by atoms with Crippen molar-refractivity contribution < 1.29 is 27.9 Å². The molecular weight excluding hydrogens is 333 g/mol. The van der Waals surface area contributed by atoms with Gasteiger partial charge in [0.25, 0.3) is 17.7 Å². The van der Waals surface area contributed by atoms with Gasteiger partial charge in [0.05, 0.1) is 18.4 Å². The summed E-state index contributed by atoms with van der Waals surface area (Å²) in [6, 6.07) is 6.60. The third kappa shape index (κ3) is 5.65. The summed E-state index contributed by atoms with van der Waals surface area (Å²) in [4.78, 5) is 35.0. The minimum absolute atomic E-state index is 0.276. The van der Waals surface area contributed by atoms with Crippen molar-refractivity contribution in [2.24, 2.45) is 0 Å². The average molecular weight is 349 g/mol. The number of carbonyl (C=O) groups is 3. The lowest BCUT2D eigenvalue weighted by Crippen LogP contribution is -2.50. The number of nitrogens with one attached hydrogen (secondary N) is 3. The molecule has 0 aliphatic rings. The molecule has 1 atom stereocenters. The van der Waals surface area contributed by atoms with Gasteiger partial charge in [0.1, 0.15) is 17.8 Å². The van der Waals surface area contributed by atoms with Gasteiger partial charge in [-0.25, -0.2) is 4.39 Å². The molecule has 2 rings (SSSR count). The van der Waals surface area contributed by atoms with Crippen LogP contribution >= 0.6 is 0 Å². The van der Waals surface area contributed by atoms with Crippen molar-refractivity contribution in [3.63, 3.8) is 0 Å². The summed E-state index contributed by atoms with van der Waals surface area (Å²) in [6.45, 7) is 1.13. The highest BCUT2D eigenvalue weighted by atomic mass is 19.1. The molecule has 0 fully saturated rings. The van der Waals surface area contributed by atoms with Crippen molar-refractivity contribution in [3.8, 4) is 5.75 Å². The maximum Gasteiger partial charge on any atom is 0.279 e. The molecule has 0 spiro atoms. The van der Waals surface area contributed by atoms with Crippen molar-refractivity contribution in [3.05, 3.63) is 54.2 Å². The van der Waals surface area contributed by atoms with Gasteiger partial charge in [-0.2, -0.15) is 0 Å². The Morgan fingerprint density at radius 1 is 1.16 bits per heavy atom. The Morgan fingerprint density at radius 3 is 2.52 bits per heavy atom. The molecule has 2 aromatic rings. The van der Waals surface area contributed by atoms with Crippen LogP contribution in [-0.4, -0.2) is 30.4 Å². The first-order chi connectivity index (χ1) is 12.0. The zero-order valence-electron chi connectivity index (χ0n) is 13.2. The van der Waals surface area contributed by atoms with Crippen LogP contribution in [0.3, 0.4) is 0 Å². The van der Waals surface area contributed by atoms with E-state index in [-0.39, 0.29) is 12.1 Å². The van der Waals surface area contributed by atoms with Crippen LogP contribution in [0.25, 0.3) is 0 Å². The molecule has 3 N–H and O–H groups in total. The fourth-order valence-corrected chi connectivity index (χ4v) is 1.70. The van der Waals surface area contributed by atoms with E-state index in [1.807, 2.05) is 0 Å². The summed E-state index contributed by atoms with van der Waals surface area (Å²) >= 11 is 0. The van der Waals surface area contributed by atoms with Crippen molar-refractivity contribution in [1.82, 2.24) is 16.2 Å². The van der Waals surface area contributed by atoms with E-state index >= 15 is 0 Å². The molecule has 0 aliphatic heterocycles. The molecule has 132 valence electrons. The number of benzene rings is 1. The summed E-state index contributed by atoms with van der Waals surface area (Å²) < 4.78 is 22.8. The quantitative estimate of drug-likeness (QED) is 0.667. The third-order valence-electron chi connectivity index (χ3n) is 3.01. The first kappa shape index (κ1) is 18.0. The highest BCUT2D eigenvalue weighted by Gasteiger charge is 2.16. The maximum atomic E-state index is 12.8. The van der Waals surface area contributed by atoms with Gasteiger partial charge >= 0.3 is 0 Å². The van der Waals surface area contributed by atoms with Gasteiger partial charge in [-0.1, -0.05) is 0 Å². The largest absolute Gasteiger partial charge is 0.481 e. The molecule has 1 unspecified atom stereocenters. The minimum atomic E-state index is -0.925. The van der Waals surface area contributed by atoms with Gasteiger partial charge in [-0.05, 0) is 37.3 Å². The van der Waals surface area contributed by atoms with E-state index in [0.29, 0.717) is 5.75 Å². The molecule has 1 aromatic carbocycles.